The Labute approximate surface area is 190 Å². The lowest BCUT2D eigenvalue weighted by Crippen LogP contribution is -2.37. The maximum atomic E-state index is 12.6. The fraction of sp³-hybridized carbons (Fsp3) is 0.500. The van der Waals surface area contributed by atoms with E-state index in [1.54, 1.807) is 6.20 Å². The third-order valence-electron chi connectivity index (χ3n) is 5.86. The van der Waals surface area contributed by atoms with Gasteiger partial charge in [-0.2, -0.15) is 9.97 Å². The van der Waals surface area contributed by atoms with Gasteiger partial charge < -0.3 is 25.1 Å². The lowest BCUT2D eigenvalue weighted by atomic mass is 9.97. The number of fused-ring (bicyclic) bond motifs is 1. The molecule has 0 saturated carbocycles. The van der Waals surface area contributed by atoms with Crippen LogP contribution in [0.2, 0.25) is 0 Å². The summed E-state index contributed by atoms with van der Waals surface area (Å²) in [5.74, 6) is 0.813. The number of hydrogen-bond donors (Lipinski definition) is 2. The van der Waals surface area contributed by atoms with Crippen molar-refractivity contribution < 1.29 is 14.3 Å². The number of aromatic amines is 1. The lowest BCUT2D eigenvalue weighted by molar-refractivity contribution is -0.146. The van der Waals surface area contributed by atoms with E-state index in [2.05, 4.69) is 31.8 Å². The van der Waals surface area contributed by atoms with E-state index in [9.17, 15) is 9.59 Å². The molecule has 3 aromatic heterocycles. The highest BCUT2D eigenvalue weighted by Gasteiger charge is 2.26. The molecule has 4 rings (SSSR count). The van der Waals surface area contributed by atoms with Crippen LogP contribution >= 0.6 is 0 Å². The molecule has 11 heteroatoms. The van der Waals surface area contributed by atoms with Gasteiger partial charge in [-0.1, -0.05) is 19.4 Å². The van der Waals surface area contributed by atoms with Crippen LogP contribution in [0.5, 0.6) is 6.01 Å². The number of nitrogens with two attached hydrogens (primary N) is 1. The Morgan fingerprint density at radius 2 is 2.06 bits per heavy atom. The molecule has 1 aliphatic heterocycles. The number of hydrogen-bond acceptors (Lipinski definition) is 9. The van der Waals surface area contributed by atoms with Crippen LogP contribution in [-0.2, 0) is 16.1 Å². The van der Waals surface area contributed by atoms with E-state index in [1.807, 2.05) is 12.1 Å². The molecule has 0 aliphatic carbocycles. The Bertz CT molecular complexity index is 1160. The summed E-state index contributed by atoms with van der Waals surface area (Å²) >= 11 is 0. The highest BCUT2D eigenvalue weighted by Crippen LogP contribution is 2.23. The number of carbonyl (C=O) groups is 1. The van der Waals surface area contributed by atoms with Crippen LogP contribution in [0.3, 0.4) is 0 Å². The average molecular weight is 456 g/mol. The molecule has 0 aromatic carbocycles. The third kappa shape index (κ3) is 4.91. The Morgan fingerprint density at radius 3 is 2.73 bits per heavy atom. The minimum Gasteiger partial charge on any atom is -0.469 e. The molecular weight excluding hydrogens is 426 g/mol. The van der Waals surface area contributed by atoms with Crippen LogP contribution in [0.4, 0.5) is 11.6 Å². The van der Waals surface area contributed by atoms with E-state index in [0.29, 0.717) is 17.8 Å². The first-order valence-corrected chi connectivity index (χ1v) is 11.2. The number of piperidine rings is 1. The first-order valence-electron chi connectivity index (χ1n) is 11.2. The SMILES string of the molecule is CCCCOc1nc(N)c2[nH]c(=O)n(Cc3ccc(N4CCC(C(=O)OC)CC4)nc3)c2n1. The quantitative estimate of drug-likeness (QED) is 0.383. The molecule has 0 atom stereocenters. The van der Waals surface area contributed by atoms with Gasteiger partial charge in [0.1, 0.15) is 11.3 Å². The second-order valence-corrected chi connectivity index (χ2v) is 8.12. The number of rotatable bonds is 8. The first kappa shape index (κ1) is 22.6. The van der Waals surface area contributed by atoms with Gasteiger partial charge in [0.25, 0.3) is 0 Å². The maximum Gasteiger partial charge on any atom is 0.328 e. The molecule has 33 heavy (non-hydrogen) atoms. The molecule has 0 radical (unpaired) electrons. The van der Waals surface area contributed by atoms with E-state index in [-0.39, 0.29) is 36.0 Å². The molecule has 1 aliphatic rings. The van der Waals surface area contributed by atoms with Crippen molar-refractivity contribution in [1.29, 1.82) is 0 Å². The Hall–Kier alpha value is -3.63. The van der Waals surface area contributed by atoms with Crippen LogP contribution < -0.4 is 21.1 Å². The number of nitrogens with zero attached hydrogens (tertiary/aromatic N) is 5. The molecule has 0 spiro atoms. The summed E-state index contributed by atoms with van der Waals surface area (Å²) in [5.41, 5.74) is 7.32. The topological polar surface area (TPSA) is 141 Å². The number of anilines is 2. The molecule has 0 unspecified atom stereocenters. The number of aromatic nitrogens is 5. The molecule has 11 nitrogen and oxygen atoms in total. The van der Waals surface area contributed by atoms with Crippen molar-refractivity contribution in [2.75, 3.05) is 37.4 Å². The highest BCUT2D eigenvalue weighted by molar-refractivity contribution is 5.82. The van der Waals surface area contributed by atoms with Crippen LogP contribution in [-0.4, -0.2) is 57.3 Å². The number of methoxy groups -OCH3 is 1. The first-order chi connectivity index (χ1) is 16.0. The molecular formula is C22H29N7O4. The molecule has 0 amide bonds. The summed E-state index contributed by atoms with van der Waals surface area (Å²) < 4.78 is 11.9. The van der Waals surface area contributed by atoms with Crippen LogP contribution in [0.25, 0.3) is 11.2 Å². The van der Waals surface area contributed by atoms with E-state index < -0.39 is 0 Å². The second kappa shape index (κ2) is 9.88. The number of nitrogens with one attached hydrogen (secondary N) is 1. The van der Waals surface area contributed by atoms with Crippen molar-refractivity contribution in [1.82, 2.24) is 24.5 Å². The molecule has 0 bridgehead atoms. The van der Waals surface area contributed by atoms with Gasteiger partial charge in [0, 0.05) is 19.3 Å². The van der Waals surface area contributed by atoms with Gasteiger partial charge in [-0.15, -0.1) is 0 Å². The van der Waals surface area contributed by atoms with Gasteiger partial charge in [-0.25, -0.2) is 9.78 Å². The number of imidazole rings is 1. The Morgan fingerprint density at radius 1 is 1.27 bits per heavy atom. The number of ether oxygens (including phenoxy) is 2. The molecule has 1 fully saturated rings. The summed E-state index contributed by atoms with van der Waals surface area (Å²) in [6, 6.07) is 4.02. The van der Waals surface area contributed by atoms with Crippen molar-refractivity contribution in [2.45, 2.75) is 39.2 Å². The molecule has 176 valence electrons. The van der Waals surface area contributed by atoms with Crippen LogP contribution in [0, 0.1) is 5.92 Å². The average Bonchev–Trinajstić information content (AvgIpc) is 3.15. The summed E-state index contributed by atoms with van der Waals surface area (Å²) in [6.07, 6.45) is 5.09. The number of carbonyl (C=O) groups excluding carboxylic acids is 1. The number of H-pyrrole nitrogens is 1. The van der Waals surface area contributed by atoms with Crippen molar-refractivity contribution in [3.05, 3.63) is 34.4 Å². The summed E-state index contributed by atoms with van der Waals surface area (Å²) in [5, 5.41) is 0. The number of pyridine rings is 1. The highest BCUT2D eigenvalue weighted by atomic mass is 16.5. The lowest BCUT2D eigenvalue weighted by Gasteiger charge is -2.31. The van der Waals surface area contributed by atoms with Gasteiger partial charge in [0.2, 0.25) is 0 Å². The maximum absolute atomic E-state index is 12.6. The van der Waals surface area contributed by atoms with Crippen molar-refractivity contribution in [3.63, 3.8) is 0 Å². The van der Waals surface area contributed by atoms with Crippen molar-refractivity contribution >= 4 is 28.8 Å². The van der Waals surface area contributed by atoms with Gasteiger partial charge in [0.15, 0.2) is 11.5 Å². The smallest absolute Gasteiger partial charge is 0.328 e. The van der Waals surface area contributed by atoms with Gasteiger partial charge >= 0.3 is 17.7 Å². The van der Waals surface area contributed by atoms with Crippen LogP contribution in [0.15, 0.2) is 23.1 Å². The van der Waals surface area contributed by atoms with Crippen molar-refractivity contribution in [3.8, 4) is 6.01 Å². The molecule has 1 saturated heterocycles. The van der Waals surface area contributed by atoms with Crippen LogP contribution in [0.1, 0.15) is 38.2 Å². The van der Waals surface area contributed by atoms with E-state index in [1.165, 1.54) is 11.7 Å². The zero-order valence-corrected chi connectivity index (χ0v) is 18.9. The molecule has 3 aromatic rings. The normalized spacial score (nSPS) is 14.5. The fourth-order valence-corrected chi connectivity index (χ4v) is 3.94. The summed E-state index contributed by atoms with van der Waals surface area (Å²) in [4.78, 5) is 42.3. The summed E-state index contributed by atoms with van der Waals surface area (Å²) in [7, 11) is 1.43. The van der Waals surface area contributed by atoms with Gasteiger partial charge in [0.05, 0.1) is 26.2 Å². The monoisotopic (exact) mass is 455 g/mol. The van der Waals surface area contributed by atoms with E-state index in [4.69, 9.17) is 15.2 Å². The Kier molecular flexibility index (Phi) is 6.76. The number of esters is 1. The van der Waals surface area contributed by atoms with E-state index >= 15 is 0 Å². The zero-order chi connectivity index (χ0) is 23.4. The van der Waals surface area contributed by atoms with Crippen molar-refractivity contribution in [2.24, 2.45) is 5.92 Å². The predicted molar refractivity (Wildman–Crippen MR) is 123 cm³/mol. The fourth-order valence-electron chi connectivity index (χ4n) is 3.94. The summed E-state index contributed by atoms with van der Waals surface area (Å²) in [6.45, 7) is 4.31. The van der Waals surface area contributed by atoms with E-state index in [0.717, 1.165) is 50.2 Å². The number of nitrogen functional groups attached to an aromatic ring is 1. The predicted octanol–water partition coefficient (Wildman–Crippen LogP) is 1.71. The molecule has 3 N–H and O–H groups in total. The minimum absolute atomic E-state index is 0.0514. The zero-order valence-electron chi connectivity index (χ0n) is 18.9. The number of unbranched alkanes of at least 4 members (excludes halogenated alkanes) is 1. The van der Waals surface area contributed by atoms with Gasteiger partial charge in [-0.05, 0) is 30.9 Å². The largest absolute Gasteiger partial charge is 0.469 e. The second-order valence-electron chi connectivity index (χ2n) is 8.12. The minimum atomic E-state index is -0.328. The Balaban J connectivity index is 1.49. The third-order valence-corrected chi connectivity index (χ3v) is 5.86. The molecule has 4 heterocycles. The van der Waals surface area contributed by atoms with Gasteiger partial charge in [-0.3, -0.25) is 9.36 Å². The standard InChI is InChI=1S/C22H29N7O4/c1-3-4-11-33-21-26-18(23)17-19(27-21)29(22(31)25-17)13-14-5-6-16(24-12-14)28-9-7-15(8-10-28)20(30)32-2/h5-6,12,15H,3-4,7-11,13H2,1-2H3,(H,25,31)(H2,23,26,27).